The fraction of sp³-hybridized carbons (Fsp3) is 0.125. The van der Waals surface area contributed by atoms with Crippen molar-refractivity contribution in [1.82, 2.24) is 0 Å². The summed E-state index contributed by atoms with van der Waals surface area (Å²) in [4.78, 5) is 0. The largest absolute Gasteiger partial charge is 0.0991 e. The van der Waals surface area contributed by atoms with Crippen LogP contribution in [-0.4, -0.2) is 0 Å². The molecule has 1 aliphatic rings. The summed E-state index contributed by atoms with van der Waals surface area (Å²) < 4.78 is 0. The maximum atomic E-state index is 4.13. The molecule has 0 aromatic heterocycles. The molecule has 0 N–H and O–H groups in total. The Kier molecular flexibility index (Phi) is 16.8. The van der Waals surface area contributed by atoms with E-state index in [4.69, 9.17) is 0 Å². The van der Waals surface area contributed by atoms with Crippen molar-refractivity contribution >= 4 is 11.1 Å². The normalized spacial score (nSPS) is 14.7. The summed E-state index contributed by atoms with van der Waals surface area (Å²) in [6.45, 7) is 14.7. The van der Waals surface area contributed by atoms with Crippen molar-refractivity contribution in [3.05, 3.63) is 277 Å². The Bertz CT molecular complexity index is 2760. The van der Waals surface area contributed by atoms with Crippen LogP contribution in [0.2, 0.25) is 0 Å². The van der Waals surface area contributed by atoms with Gasteiger partial charge in [-0.25, -0.2) is 0 Å². The lowest BCUT2D eigenvalue weighted by molar-refractivity contribution is 0.726. The highest BCUT2D eigenvalue weighted by Crippen LogP contribution is 2.34. The van der Waals surface area contributed by atoms with Crippen molar-refractivity contribution < 1.29 is 0 Å². The molecule has 0 saturated carbocycles. The van der Waals surface area contributed by atoms with Crippen LogP contribution in [0.15, 0.2) is 261 Å². The molecule has 7 rings (SSSR count). The Morgan fingerprint density at radius 1 is 0.547 bits per heavy atom. The average molecular weight is 831 g/mol. The van der Waals surface area contributed by atoms with Crippen molar-refractivity contribution in [2.24, 2.45) is 5.92 Å². The van der Waals surface area contributed by atoms with E-state index < -0.39 is 0 Å². The summed E-state index contributed by atoms with van der Waals surface area (Å²) in [5.41, 5.74) is 19.2. The van der Waals surface area contributed by atoms with E-state index in [0.29, 0.717) is 5.92 Å². The molecule has 0 spiro atoms. The molecular formula is C64H62. The zero-order chi connectivity index (χ0) is 43.8. The van der Waals surface area contributed by atoms with E-state index in [-0.39, 0.29) is 7.43 Å². The quantitative estimate of drug-likeness (QED) is 0.0853. The second kappa shape index (κ2) is 23.2. The van der Waals surface area contributed by atoms with Gasteiger partial charge in [-0.2, -0.15) is 0 Å². The van der Waals surface area contributed by atoms with Crippen LogP contribution < -0.4 is 0 Å². The van der Waals surface area contributed by atoms with E-state index in [1.165, 1.54) is 72.4 Å². The van der Waals surface area contributed by atoms with Gasteiger partial charge in [-0.05, 0) is 152 Å². The first-order chi connectivity index (χ1) is 30.9. The maximum absolute atomic E-state index is 4.13. The van der Waals surface area contributed by atoms with Crippen LogP contribution in [0.4, 0.5) is 0 Å². The second-order valence-corrected chi connectivity index (χ2v) is 16.4. The van der Waals surface area contributed by atoms with Crippen molar-refractivity contribution in [3.63, 3.8) is 0 Å². The van der Waals surface area contributed by atoms with Crippen LogP contribution in [0, 0.1) is 5.92 Å². The Labute approximate surface area is 384 Å². The summed E-state index contributed by atoms with van der Waals surface area (Å²) >= 11 is 0. The molecule has 1 atom stereocenters. The zero-order valence-electron chi connectivity index (χ0n) is 37.1. The van der Waals surface area contributed by atoms with Crippen molar-refractivity contribution in [2.45, 2.75) is 47.5 Å². The average Bonchev–Trinajstić information content (AvgIpc) is 3.33. The molecule has 0 radical (unpaired) electrons. The lowest BCUT2D eigenvalue weighted by Gasteiger charge is -2.15. The first kappa shape index (κ1) is 46.2. The molecule has 0 heterocycles. The highest BCUT2D eigenvalue weighted by molar-refractivity contribution is 5.86. The Hall–Kier alpha value is -7.28. The molecule has 0 amide bonds. The number of allylic oxidation sites excluding steroid dienone is 18. The van der Waals surface area contributed by atoms with Crippen LogP contribution in [0.25, 0.3) is 55.7 Å². The molecule has 318 valence electrons. The molecule has 0 bridgehead atoms. The SMILES string of the molecule is C.C=C\C=C/C=C(C)/C(C)=C/C(=C\Cc1cc(-c2ccccc2)cc(-c2ccc(-c3ccccc3)cc2)c1)c1cc(C(/C=C\CC2=CC(C)CC=C2)=C/C=C)cc(-c2ccccc2)c1. The fourth-order valence-corrected chi connectivity index (χ4v) is 8.02. The minimum absolute atomic E-state index is 0. The number of benzene rings is 6. The highest BCUT2D eigenvalue weighted by Gasteiger charge is 2.12. The van der Waals surface area contributed by atoms with E-state index in [2.05, 4.69) is 246 Å². The van der Waals surface area contributed by atoms with Gasteiger partial charge in [0, 0.05) is 0 Å². The predicted molar refractivity (Wildman–Crippen MR) is 283 cm³/mol. The summed E-state index contributed by atoms with van der Waals surface area (Å²) in [5.74, 6) is 0.573. The van der Waals surface area contributed by atoms with E-state index in [0.717, 1.165) is 36.0 Å². The zero-order valence-corrected chi connectivity index (χ0v) is 37.1. The minimum Gasteiger partial charge on any atom is -0.0991 e. The van der Waals surface area contributed by atoms with Gasteiger partial charge < -0.3 is 0 Å². The van der Waals surface area contributed by atoms with E-state index in [9.17, 15) is 0 Å². The summed E-state index contributed by atoms with van der Waals surface area (Å²) in [6, 6.07) is 55.0. The van der Waals surface area contributed by atoms with Gasteiger partial charge in [0.1, 0.15) is 0 Å². The first-order valence-electron chi connectivity index (χ1n) is 22.1. The molecule has 0 fully saturated rings. The van der Waals surface area contributed by atoms with Gasteiger partial charge in [0.05, 0.1) is 0 Å². The van der Waals surface area contributed by atoms with E-state index >= 15 is 0 Å². The van der Waals surface area contributed by atoms with Crippen molar-refractivity contribution in [1.29, 1.82) is 0 Å². The van der Waals surface area contributed by atoms with Crippen LogP contribution in [0.1, 0.15) is 57.7 Å². The van der Waals surface area contributed by atoms with E-state index in [1.807, 2.05) is 18.2 Å². The number of rotatable bonds is 16. The lowest BCUT2D eigenvalue weighted by Crippen LogP contribution is -1.94. The Morgan fingerprint density at radius 2 is 1.08 bits per heavy atom. The highest BCUT2D eigenvalue weighted by atomic mass is 14.2. The number of hydrogen-bond acceptors (Lipinski definition) is 0. The third-order valence-corrected chi connectivity index (χ3v) is 11.6. The molecular weight excluding hydrogens is 769 g/mol. The Balaban J connectivity index is 0.00000680. The molecule has 64 heavy (non-hydrogen) atoms. The van der Waals surface area contributed by atoms with Gasteiger partial charge in [-0.3, -0.25) is 0 Å². The molecule has 6 aromatic rings. The minimum atomic E-state index is 0. The van der Waals surface area contributed by atoms with Crippen LogP contribution in [-0.2, 0) is 6.42 Å². The summed E-state index contributed by atoms with van der Waals surface area (Å²) in [7, 11) is 0. The summed E-state index contributed by atoms with van der Waals surface area (Å²) in [6.07, 6.45) is 31.0. The summed E-state index contributed by atoms with van der Waals surface area (Å²) in [5, 5.41) is 0. The number of hydrogen-bond donors (Lipinski definition) is 0. The Morgan fingerprint density at radius 3 is 1.64 bits per heavy atom. The maximum Gasteiger partial charge on any atom is -0.00878 e. The second-order valence-electron chi connectivity index (χ2n) is 16.4. The van der Waals surface area contributed by atoms with Gasteiger partial charge in [-0.1, -0.05) is 234 Å². The molecule has 0 heteroatoms. The van der Waals surface area contributed by atoms with Gasteiger partial charge in [0.2, 0.25) is 0 Å². The van der Waals surface area contributed by atoms with Gasteiger partial charge >= 0.3 is 0 Å². The molecule has 0 aliphatic heterocycles. The van der Waals surface area contributed by atoms with E-state index in [1.54, 1.807) is 0 Å². The molecule has 0 saturated heterocycles. The van der Waals surface area contributed by atoms with Crippen LogP contribution in [0.5, 0.6) is 0 Å². The lowest BCUT2D eigenvalue weighted by atomic mass is 9.90. The molecule has 1 unspecified atom stereocenters. The van der Waals surface area contributed by atoms with Crippen LogP contribution >= 0.6 is 0 Å². The molecule has 0 nitrogen and oxygen atoms in total. The van der Waals surface area contributed by atoms with Crippen LogP contribution in [0.3, 0.4) is 0 Å². The van der Waals surface area contributed by atoms with Gasteiger partial charge in [0.15, 0.2) is 0 Å². The van der Waals surface area contributed by atoms with Gasteiger partial charge in [0.25, 0.3) is 0 Å². The molecule has 1 aliphatic carbocycles. The monoisotopic (exact) mass is 830 g/mol. The van der Waals surface area contributed by atoms with Gasteiger partial charge in [-0.15, -0.1) is 0 Å². The molecule has 6 aromatic carbocycles. The van der Waals surface area contributed by atoms with Crippen molar-refractivity contribution in [2.75, 3.05) is 0 Å². The predicted octanol–water partition coefficient (Wildman–Crippen LogP) is 18.3. The smallest absolute Gasteiger partial charge is 0.00878 e. The third-order valence-electron chi connectivity index (χ3n) is 11.6. The topological polar surface area (TPSA) is 0 Å². The van der Waals surface area contributed by atoms with Crippen molar-refractivity contribution in [3.8, 4) is 44.5 Å². The first-order valence-corrected chi connectivity index (χ1v) is 22.1. The fourth-order valence-electron chi connectivity index (χ4n) is 8.02. The standard InChI is InChI=1S/C63H58.CH4/c1-6-8-12-23-48(4)49(5)40-58(63-45-61(44-62(46-63)55-30-17-11-18-31-55)52(21-7-2)32-20-25-50-24-19-22-47(3)39-50)34-33-51-41-59(54-28-15-10-16-29-54)43-60(42-51)57-37-35-56(36-38-57)53-26-13-9-14-27-53;/h6-21,23-24,26-32,34-47H,1-2,22,25,33H2,3-5H3;1H4/b12-8-,32-20-,48-23+,49-40+,52-21+,58-34+;. The third kappa shape index (κ3) is 12.7.